The van der Waals surface area contributed by atoms with Crippen molar-refractivity contribution in [1.29, 1.82) is 0 Å². The number of hydrogen-bond donors (Lipinski definition) is 1. The van der Waals surface area contributed by atoms with E-state index < -0.39 is 12.6 Å². The van der Waals surface area contributed by atoms with E-state index in [1.54, 1.807) is 0 Å². The Morgan fingerprint density at radius 2 is 2.12 bits per heavy atom. The third-order valence-electron chi connectivity index (χ3n) is 2.88. The van der Waals surface area contributed by atoms with E-state index in [1.165, 1.54) is 0 Å². The van der Waals surface area contributed by atoms with Gasteiger partial charge in [-0.15, -0.1) is 11.3 Å². The van der Waals surface area contributed by atoms with Crippen molar-refractivity contribution in [3.05, 3.63) is 15.6 Å². The van der Waals surface area contributed by atoms with Crippen LogP contribution in [0.3, 0.4) is 0 Å². The number of halogens is 3. The average Bonchev–Trinajstić information content (AvgIpc) is 2.41. The van der Waals surface area contributed by atoms with Crippen LogP contribution in [-0.4, -0.2) is 11.2 Å². The largest absolute Gasteiger partial charge is 0.395 e. The molecule has 1 atom stereocenters. The summed E-state index contributed by atoms with van der Waals surface area (Å²) in [5, 5.41) is 0.135. The second kappa shape index (κ2) is 3.95. The topological polar surface area (TPSA) is 38.9 Å². The second-order valence-electron chi connectivity index (χ2n) is 5.36. The quantitative estimate of drug-likeness (QED) is 0.845. The SMILES string of the molecule is CC1(C)Cc2nc(CC(F)(F)F)sc2C(N)C1. The van der Waals surface area contributed by atoms with Gasteiger partial charge in [-0.25, -0.2) is 4.98 Å². The van der Waals surface area contributed by atoms with Crippen molar-refractivity contribution >= 4 is 11.3 Å². The number of fused-ring (bicyclic) bond motifs is 1. The molecule has 96 valence electrons. The van der Waals surface area contributed by atoms with Gasteiger partial charge >= 0.3 is 6.18 Å². The number of nitrogens with zero attached hydrogens (tertiary/aromatic N) is 1. The van der Waals surface area contributed by atoms with E-state index in [4.69, 9.17) is 5.73 Å². The molecule has 1 unspecified atom stereocenters. The molecule has 2 N–H and O–H groups in total. The molecule has 2 rings (SSSR count). The maximum Gasteiger partial charge on any atom is 0.395 e. The molecule has 0 fully saturated rings. The van der Waals surface area contributed by atoms with Gasteiger partial charge in [-0.1, -0.05) is 13.8 Å². The van der Waals surface area contributed by atoms with Crippen molar-refractivity contribution in [2.45, 2.75) is 45.3 Å². The Balaban J connectivity index is 2.27. The van der Waals surface area contributed by atoms with Crippen LogP contribution in [0, 0.1) is 5.41 Å². The zero-order valence-corrected chi connectivity index (χ0v) is 10.6. The predicted molar refractivity (Wildman–Crippen MR) is 60.9 cm³/mol. The van der Waals surface area contributed by atoms with Crippen molar-refractivity contribution in [3.8, 4) is 0 Å². The summed E-state index contributed by atoms with van der Waals surface area (Å²) in [6, 6.07) is -0.173. The highest BCUT2D eigenvalue weighted by atomic mass is 32.1. The Bertz CT molecular complexity index is 423. The summed E-state index contributed by atoms with van der Waals surface area (Å²) in [5.41, 5.74) is 6.77. The lowest BCUT2D eigenvalue weighted by atomic mass is 9.77. The number of alkyl halides is 3. The van der Waals surface area contributed by atoms with E-state index in [0.29, 0.717) is 6.42 Å². The first kappa shape index (κ1) is 12.8. The lowest BCUT2D eigenvalue weighted by Gasteiger charge is -2.32. The fourth-order valence-electron chi connectivity index (χ4n) is 2.29. The van der Waals surface area contributed by atoms with E-state index in [9.17, 15) is 13.2 Å². The van der Waals surface area contributed by atoms with Gasteiger partial charge in [-0.2, -0.15) is 13.2 Å². The molecule has 2 nitrogen and oxygen atoms in total. The minimum atomic E-state index is -4.19. The van der Waals surface area contributed by atoms with Crippen molar-refractivity contribution in [1.82, 2.24) is 4.98 Å². The molecule has 17 heavy (non-hydrogen) atoms. The van der Waals surface area contributed by atoms with Crippen LogP contribution in [0.5, 0.6) is 0 Å². The Morgan fingerprint density at radius 3 is 2.71 bits per heavy atom. The fourth-order valence-corrected chi connectivity index (χ4v) is 3.41. The molecular weight excluding hydrogens is 249 g/mol. The molecule has 0 aromatic carbocycles. The van der Waals surface area contributed by atoms with Crippen LogP contribution in [-0.2, 0) is 12.8 Å². The first-order valence-corrected chi connectivity index (χ1v) is 6.29. The zero-order valence-electron chi connectivity index (χ0n) is 9.77. The number of thiazole rings is 1. The van der Waals surface area contributed by atoms with Gasteiger partial charge in [0.2, 0.25) is 0 Å². The molecule has 1 aliphatic rings. The predicted octanol–water partition coefficient (Wildman–Crippen LogP) is 3.22. The standard InChI is InChI=1S/C11H15F3N2S/c1-10(2)3-6(15)9-7(4-10)16-8(17-9)5-11(12,13)14/h6H,3-5,15H2,1-2H3. The maximum absolute atomic E-state index is 12.3. The molecule has 1 aliphatic carbocycles. The Kier molecular flexibility index (Phi) is 2.98. The molecule has 1 aromatic rings. The van der Waals surface area contributed by atoms with Crippen LogP contribution in [0.4, 0.5) is 13.2 Å². The zero-order chi connectivity index (χ0) is 12.8. The second-order valence-corrected chi connectivity index (χ2v) is 6.48. The molecule has 0 saturated heterocycles. The number of aromatic nitrogens is 1. The van der Waals surface area contributed by atoms with E-state index in [-0.39, 0.29) is 16.5 Å². The van der Waals surface area contributed by atoms with Crippen molar-refractivity contribution in [3.63, 3.8) is 0 Å². The Labute approximate surface area is 102 Å². The van der Waals surface area contributed by atoms with Crippen LogP contribution >= 0.6 is 11.3 Å². The van der Waals surface area contributed by atoms with Gasteiger partial charge in [0.15, 0.2) is 0 Å². The summed E-state index contributed by atoms with van der Waals surface area (Å²) in [4.78, 5) is 4.94. The summed E-state index contributed by atoms with van der Waals surface area (Å²) >= 11 is 1.11. The monoisotopic (exact) mass is 264 g/mol. The van der Waals surface area contributed by atoms with Crippen LogP contribution in [0.2, 0.25) is 0 Å². The van der Waals surface area contributed by atoms with Crippen molar-refractivity contribution in [2.24, 2.45) is 11.1 Å². The molecule has 0 saturated carbocycles. The first-order chi connectivity index (χ1) is 7.66. The molecule has 0 aliphatic heterocycles. The molecular formula is C11H15F3N2S. The van der Waals surface area contributed by atoms with Gasteiger partial charge in [-0.05, 0) is 18.3 Å². The highest BCUT2D eigenvalue weighted by Crippen LogP contribution is 2.42. The Hall–Kier alpha value is -0.620. The minimum Gasteiger partial charge on any atom is -0.323 e. The lowest BCUT2D eigenvalue weighted by Crippen LogP contribution is -2.28. The molecule has 1 aromatic heterocycles. The number of rotatable bonds is 1. The van der Waals surface area contributed by atoms with E-state index in [0.717, 1.165) is 28.3 Å². The highest BCUT2D eigenvalue weighted by molar-refractivity contribution is 7.11. The third kappa shape index (κ3) is 2.98. The summed E-state index contributed by atoms with van der Waals surface area (Å²) < 4.78 is 36.9. The summed E-state index contributed by atoms with van der Waals surface area (Å²) in [6.45, 7) is 4.14. The first-order valence-electron chi connectivity index (χ1n) is 5.47. The normalized spacial score (nSPS) is 23.5. The van der Waals surface area contributed by atoms with E-state index in [1.807, 2.05) is 0 Å². The van der Waals surface area contributed by atoms with Crippen LogP contribution < -0.4 is 5.73 Å². The van der Waals surface area contributed by atoms with Gasteiger partial charge in [0.1, 0.15) is 5.01 Å². The van der Waals surface area contributed by atoms with Gasteiger partial charge < -0.3 is 5.73 Å². The molecule has 1 heterocycles. The van der Waals surface area contributed by atoms with Crippen LogP contribution in [0.15, 0.2) is 0 Å². The molecule has 0 spiro atoms. The molecule has 6 heteroatoms. The maximum atomic E-state index is 12.3. The van der Waals surface area contributed by atoms with Gasteiger partial charge in [0, 0.05) is 10.9 Å². The smallest absolute Gasteiger partial charge is 0.323 e. The molecule has 0 bridgehead atoms. The molecule has 0 amide bonds. The van der Waals surface area contributed by atoms with Crippen molar-refractivity contribution in [2.75, 3.05) is 0 Å². The minimum absolute atomic E-state index is 0.0238. The van der Waals surface area contributed by atoms with E-state index in [2.05, 4.69) is 18.8 Å². The van der Waals surface area contributed by atoms with Gasteiger partial charge in [0.05, 0.1) is 12.1 Å². The van der Waals surface area contributed by atoms with Crippen LogP contribution in [0.1, 0.15) is 41.9 Å². The number of hydrogen-bond acceptors (Lipinski definition) is 3. The number of nitrogens with two attached hydrogens (primary N) is 1. The van der Waals surface area contributed by atoms with Crippen molar-refractivity contribution < 1.29 is 13.2 Å². The fraction of sp³-hybridized carbons (Fsp3) is 0.727. The van der Waals surface area contributed by atoms with E-state index >= 15 is 0 Å². The van der Waals surface area contributed by atoms with Gasteiger partial charge in [0.25, 0.3) is 0 Å². The Morgan fingerprint density at radius 1 is 1.47 bits per heavy atom. The average molecular weight is 264 g/mol. The third-order valence-corrected chi connectivity index (χ3v) is 4.11. The highest BCUT2D eigenvalue weighted by Gasteiger charge is 2.35. The summed E-state index contributed by atoms with van der Waals surface area (Å²) in [6.07, 6.45) is -3.63. The molecule has 0 radical (unpaired) electrons. The summed E-state index contributed by atoms with van der Waals surface area (Å²) in [7, 11) is 0. The van der Waals surface area contributed by atoms with Crippen LogP contribution in [0.25, 0.3) is 0 Å². The lowest BCUT2D eigenvalue weighted by molar-refractivity contribution is -0.127. The summed E-state index contributed by atoms with van der Waals surface area (Å²) in [5.74, 6) is 0. The van der Waals surface area contributed by atoms with Gasteiger partial charge in [-0.3, -0.25) is 0 Å².